The minimum Gasteiger partial charge on any atom is -0.312 e. The van der Waals surface area contributed by atoms with Crippen molar-refractivity contribution >= 4 is 11.8 Å². The maximum atomic E-state index is 3.63. The summed E-state index contributed by atoms with van der Waals surface area (Å²) in [5, 5.41) is 3.63. The Morgan fingerprint density at radius 2 is 1.93 bits per heavy atom. The standard InChI is InChI=1S/C12H23NS/c1-12(2)8-11(9-13-12)7-10-3-5-14-6-4-10/h10-11,13H,3-9H2,1-2H3. The van der Waals surface area contributed by atoms with E-state index < -0.39 is 0 Å². The van der Waals surface area contributed by atoms with Gasteiger partial charge in [0.05, 0.1) is 0 Å². The fourth-order valence-electron chi connectivity index (χ4n) is 2.91. The van der Waals surface area contributed by atoms with E-state index in [0.717, 1.165) is 11.8 Å². The number of rotatable bonds is 2. The van der Waals surface area contributed by atoms with Crippen LogP contribution in [-0.2, 0) is 0 Å². The van der Waals surface area contributed by atoms with Crippen LogP contribution in [0.25, 0.3) is 0 Å². The Morgan fingerprint density at radius 3 is 2.50 bits per heavy atom. The maximum absolute atomic E-state index is 3.63. The molecule has 2 aliphatic heterocycles. The second-order valence-electron chi connectivity index (χ2n) is 5.63. The summed E-state index contributed by atoms with van der Waals surface area (Å²) in [6, 6.07) is 0. The van der Waals surface area contributed by atoms with Gasteiger partial charge in [-0.2, -0.15) is 11.8 Å². The average molecular weight is 213 g/mol. The van der Waals surface area contributed by atoms with Gasteiger partial charge in [-0.1, -0.05) is 0 Å². The molecule has 0 aliphatic carbocycles. The van der Waals surface area contributed by atoms with Crippen LogP contribution in [-0.4, -0.2) is 23.6 Å². The molecule has 0 aromatic carbocycles. The number of thioether (sulfide) groups is 1. The lowest BCUT2D eigenvalue weighted by atomic mass is 9.86. The van der Waals surface area contributed by atoms with Crippen LogP contribution in [0.1, 0.15) is 39.5 Å². The van der Waals surface area contributed by atoms with Crippen molar-refractivity contribution in [1.29, 1.82) is 0 Å². The Bertz CT molecular complexity index is 185. The molecule has 0 aromatic rings. The first kappa shape index (κ1) is 10.8. The molecule has 1 N–H and O–H groups in total. The van der Waals surface area contributed by atoms with Gasteiger partial charge < -0.3 is 5.32 Å². The molecular formula is C12H23NS. The fraction of sp³-hybridized carbons (Fsp3) is 1.00. The molecule has 0 radical (unpaired) electrons. The molecule has 0 spiro atoms. The van der Waals surface area contributed by atoms with Crippen molar-refractivity contribution in [3.8, 4) is 0 Å². The SMILES string of the molecule is CC1(C)CC(CC2CCSCC2)CN1. The zero-order valence-electron chi connectivity index (χ0n) is 9.51. The number of hydrogen-bond acceptors (Lipinski definition) is 2. The highest BCUT2D eigenvalue weighted by molar-refractivity contribution is 7.99. The molecule has 2 rings (SSSR count). The van der Waals surface area contributed by atoms with E-state index in [1.54, 1.807) is 0 Å². The van der Waals surface area contributed by atoms with Gasteiger partial charge in [-0.05, 0) is 69.4 Å². The Morgan fingerprint density at radius 1 is 1.21 bits per heavy atom. The molecular weight excluding hydrogens is 190 g/mol. The third-order valence-corrected chi connectivity index (χ3v) is 4.72. The second kappa shape index (κ2) is 4.44. The zero-order valence-corrected chi connectivity index (χ0v) is 10.3. The first-order valence-electron chi connectivity index (χ1n) is 5.98. The molecule has 2 fully saturated rings. The molecule has 0 saturated carbocycles. The highest BCUT2D eigenvalue weighted by atomic mass is 32.2. The van der Waals surface area contributed by atoms with E-state index in [4.69, 9.17) is 0 Å². The van der Waals surface area contributed by atoms with E-state index in [2.05, 4.69) is 30.9 Å². The predicted molar refractivity (Wildman–Crippen MR) is 64.9 cm³/mol. The summed E-state index contributed by atoms with van der Waals surface area (Å²) >= 11 is 2.14. The van der Waals surface area contributed by atoms with Crippen molar-refractivity contribution in [2.45, 2.75) is 45.1 Å². The first-order valence-corrected chi connectivity index (χ1v) is 7.14. The van der Waals surface area contributed by atoms with Crippen LogP contribution in [0.2, 0.25) is 0 Å². The average Bonchev–Trinajstić information content (AvgIpc) is 2.47. The van der Waals surface area contributed by atoms with E-state index in [1.807, 2.05) is 0 Å². The molecule has 2 heterocycles. The van der Waals surface area contributed by atoms with Gasteiger partial charge in [0.1, 0.15) is 0 Å². The van der Waals surface area contributed by atoms with Crippen molar-refractivity contribution in [2.75, 3.05) is 18.1 Å². The minimum absolute atomic E-state index is 0.411. The molecule has 2 heteroatoms. The quantitative estimate of drug-likeness (QED) is 0.757. The van der Waals surface area contributed by atoms with Gasteiger partial charge in [0, 0.05) is 5.54 Å². The summed E-state index contributed by atoms with van der Waals surface area (Å²) in [7, 11) is 0. The normalized spacial score (nSPS) is 33.4. The van der Waals surface area contributed by atoms with Crippen molar-refractivity contribution < 1.29 is 0 Å². The third kappa shape index (κ3) is 2.90. The van der Waals surface area contributed by atoms with Crippen LogP contribution in [0.3, 0.4) is 0 Å². The lowest BCUT2D eigenvalue weighted by Crippen LogP contribution is -2.31. The molecule has 2 saturated heterocycles. The molecule has 0 bridgehead atoms. The second-order valence-corrected chi connectivity index (χ2v) is 6.85. The van der Waals surface area contributed by atoms with Gasteiger partial charge in [-0.15, -0.1) is 0 Å². The summed E-state index contributed by atoms with van der Waals surface area (Å²) in [6.07, 6.45) is 5.82. The summed E-state index contributed by atoms with van der Waals surface area (Å²) in [5.74, 6) is 4.82. The number of nitrogens with one attached hydrogen (secondary N) is 1. The molecule has 1 atom stereocenters. The Kier molecular flexibility index (Phi) is 3.43. The summed E-state index contributed by atoms with van der Waals surface area (Å²) < 4.78 is 0. The summed E-state index contributed by atoms with van der Waals surface area (Å²) in [5.41, 5.74) is 0.411. The molecule has 82 valence electrons. The van der Waals surface area contributed by atoms with Crippen molar-refractivity contribution in [2.24, 2.45) is 11.8 Å². The smallest absolute Gasteiger partial charge is 0.0128 e. The monoisotopic (exact) mass is 213 g/mol. The van der Waals surface area contributed by atoms with Crippen molar-refractivity contribution in [3.63, 3.8) is 0 Å². The van der Waals surface area contributed by atoms with Crippen LogP contribution in [0, 0.1) is 11.8 Å². The van der Waals surface area contributed by atoms with Gasteiger partial charge in [-0.25, -0.2) is 0 Å². The predicted octanol–water partition coefficient (Wildman–Crippen LogP) is 2.91. The Balaban J connectivity index is 1.75. The molecule has 1 unspecified atom stereocenters. The largest absolute Gasteiger partial charge is 0.312 e. The summed E-state index contributed by atoms with van der Waals surface area (Å²) in [6.45, 7) is 5.93. The van der Waals surface area contributed by atoms with Gasteiger partial charge in [0.15, 0.2) is 0 Å². The van der Waals surface area contributed by atoms with Crippen LogP contribution in [0.5, 0.6) is 0 Å². The van der Waals surface area contributed by atoms with Crippen molar-refractivity contribution in [3.05, 3.63) is 0 Å². The topological polar surface area (TPSA) is 12.0 Å². The maximum Gasteiger partial charge on any atom is 0.0128 e. The minimum atomic E-state index is 0.411. The summed E-state index contributed by atoms with van der Waals surface area (Å²) in [4.78, 5) is 0. The molecule has 0 amide bonds. The van der Waals surface area contributed by atoms with Gasteiger partial charge in [-0.3, -0.25) is 0 Å². The number of hydrogen-bond donors (Lipinski definition) is 1. The van der Waals surface area contributed by atoms with Gasteiger partial charge in [0.25, 0.3) is 0 Å². The lowest BCUT2D eigenvalue weighted by Gasteiger charge is -2.24. The Hall–Kier alpha value is 0.310. The van der Waals surface area contributed by atoms with Gasteiger partial charge >= 0.3 is 0 Å². The van der Waals surface area contributed by atoms with Crippen LogP contribution >= 0.6 is 11.8 Å². The highest BCUT2D eigenvalue weighted by Gasteiger charge is 2.31. The van der Waals surface area contributed by atoms with E-state index in [0.29, 0.717) is 5.54 Å². The lowest BCUT2D eigenvalue weighted by molar-refractivity contribution is 0.353. The van der Waals surface area contributed by atoms with E-state index in [-0.39, 0.29) is 0 Å². The van der Waals surface area contributed by atoms with E-state index in [9.17, 15) is 0 Å². The fourth-order valence-corrected chi connectivity index (χ4v) is 4.11. The first-order chi connectivity index (χ1) is 6.66. The Labute approximate surface area is 92.4 Å². The highest BCUT2D eigenvalue weighted by Crippen LogP contribution is 2.33. The molecule has 1 nitrogen and oxygen atoms in total. The van der Waals surface area contributed by atoms with Crippen LogP contribution < -0.4 is 5.32 Å². The van der Waals surface area contributed by atoms with Gasteiger partial charge in [0.2, 0.25) is 0 Å². The van der Waals surface area contributed by atoms with E-state index >= 15 is 0 Å². The molecule has 14 heavy (non-hydrogen) atoms. The van der Waals surface area contributed by atoms with Crippen LogP contribution in [0.4, 0.5) is 0 Å². The van der Waals surface area contributed by atoms with E-state index in [1.165, 1.54) is 43.7 Å². The molecule has 0 aromatic heterocycles. The molecule has 2 aliphatic rings. The van der Waals surface area contributed by atoms with Crippen molar-refractivity contribution in [1.82, 2.24) is 5.32 Å². The van der Waals surface area contributed by atoms with Crippen LogP contribution in [0.15, 0.2) is 0 Å². The zero-order chi connectivity index (χ0) is 10.0. The third-order valence-electron chi connectivity index (χ3n) is 3.68.